The highest BCUT2D eigenvalue weighted by Gasteiger charge is 2.31. The van der Waals surface area contributed by atoms with Gasteiger partial charge < -0.3 is 9.80 Å². The first-order valence-electron chi connectivity index (χ1n) is 11.7. The van der Waals surface area contributed by atoms with Crippen LogP contribution in [0, 0.1) is 13.8 Å². The Balaban J connectivity index is 1.48. The van der Waals surface area contributed by atoms with Crippen LogP contribution in [0.25, 0.3) is 16.6 Å². The molecule has 0 bridgehead atoms. The number of fused-ring (bicyclic) bond motifs is 3. The van der Waals surface area contributed by atoms with Crippen LogP contribution in [0.4, 0.5) is 5.69 Å². The van der Waals surface area contributed by atoms with Crippen molar-refractivity contribution in [1.29, 1.82) is 0 Å². The van der Waals surface area contributed by atoms with Crippen molar-refractivity contribution in [2.24, 2.45) is 0 Å². The van der Waals surface area contributed by atoms with Crippen LogP contribution in [-0.4, -0.2) is 51.2 Å². The number of amides is 1. The molecule has 0 spiro atoms. The largest absolute Gasteiger partial charge is 0.368 e. The number of aryl methyl sites for hydroxylation is 2. The molecule has 0 N–H and O–H groups in total. The Hall–Kier alpha value is -3.32. The molecule has 0 radical (unpaired) electrons. The van der Waals surface area contributed by atoms with E-state index < -0.39 is 6.04 Å². The summed E-state index contributed by atoms with van der Waals surface area (Å²) in [6, 6.07) is 14.9. The molecule has 34 heavy (non-hydrogen) atoms. The quantitative estimate of drug-likeness (QED) is 0.441. The van der Waals surface area contributed by atoms with Gasteiger partial charge in [-0.3, -0.25) is 14.3 Å². The molecule has 1 aliphatic rings. The van der Waals surface area contributed by atoms with Gasteiger partial charge in [0.05, 0.1) is 5.52 Å². The van der Waals surface area contributed by atoms with Gasteiger partial charge >= 0.3 is 0 Å². The van der Waals surface area contributed by atoms with Gasteiger partial charge in [-0.15, -0.1) is 0 Å². The van der Waals surface area contributed by atoms with Crippen molar-refractivity contribution in [1.82, 2.24) is 19.1 Å². The topological polar surface area (TPSA) is 62.9 Å². The molecule has 2 aromatic carbocycles. The number of halogens is 1. The number of para-hydroxylation sites is 1. The van der Waals surface area contributed by atoms with Crippen LogP contribution in [0.3, 0.4) is 0 Å². The molecule has 1 atom stereocenters. The smallest absolute Gasteiger partial charge is 0.273 e. The summed E-state index contributed by atoms with van der Waals surface area (Å²) in [6.45, 7) is 8.79. The highest BCUT2D eigenvalue weighted by molar-refractivity contribution is 6.30. The van der Waals surface area contributed by atoms with Gasteiger partial charge in [-0.2, -0.15) is 4.98 Å². The lowest BCUT2D eigenvalue weighted by Crippen LogP contribution is -2.51. The van der Waals surface area contributed by atoms with Gasteiger partial charge in [-0.25, -0.2) is 4.52 Å². The monoisotopic (exact) mass is 477 g/mol. The van der Waals surface area contributed by atoms with E-state index in [9.17, 15) is 9.59 Å². The highest BCUT2D eigenvalue weighted by atomic mass is 35.5. The Morgan fingerprint density at radius 3 is 2.53 bits per heavy atom. The van der Waals surface area contributed by atoms with E-state index in [0.717, 1.165) is 40.4 Å². The van der Waals surface area contributed by atoms with E-state index in [1.54, 1.807) is 0 Å². The van der Waals surface area contributed by atoms with Crippen molar-refractivity contribution in [2.75, 3.05) is 31.1 Å². The van der Waals surface area contributed by atoms with Gasteiger partial charge in [-0.05, 0) is 50.1 Å². The molecule has 1 saturated heterocycles. The third-order valence-corrected chi connectivity index (χ3v) is 7.00. The molecule has 1 aliphatic heterocycles. The second kappa shape index (κ2) is 8.80. The molecule has 0 saturated carbocycles. The standard InChI is InChI=1S/C26H28ClN5O2/c1-4-21(26(34)30-13-11-29(12-14-30)23-16-19(27)10-9-17(23)2)32-22-8-6-5-7-20(22)25-28-24(33)15-18(3)31(25)32/h5-10,15-16,21H,4,11-14H2,1-3H3. The van der Waals surface area contributed by atoms with Crippen molar-refractivity contribution in [3.63, 3.8) is 0 Å². The summed E-state index contributed by atoms with van der Waals surface area (Å²) in [4.78, 5) is 34.5. The minimum absolute atomic E-state index is 0.0886. The number of hydrogen-bond donors (Lipinski definition) is 0. The number of benzene rings is 2. The predicted molar refractivity (Wildman–Crippen MR) is 136 cm³/mol. The number of carbonyl (C=O) groups excluding carboxylic acids is 1. The number of rotatable bonds is 4. The van der Waals surface area contributed by atoms with Crippen molar-refractivity contribution in [3.8, 4) is 0 Å². The van der Waals surface area contributed by atoms with Gasteiger partial charge in [-0.1, -0.05) is 36.7 Å². The van der Waals surface area contributed by atoms with Crippen molar-refractivity contribution >= 4 is 39.7 Å². The van der Waals surface area contributed by atoms with E-state index in [-0.39, 0.29) is 11.5 Å². The maximum absolute atomic E-state index is 13.8. The second-order valence-corrected chi connectivity index (χ2v) is 9.34. The Labute approximate surface area is 203 Å². The van der Waals surface area contributed by atoms with Crippen molar-refractivity contribution in [2.45, 2.75) is 33.2 Å². The fraction of sp³-hybridized carbons (Fsp3) is 0.346. The Morgan fingerprint density at radius 1 is 1.06 bits per heavy atom. The third-order valence-electron chi connectivity index (χ3n) is 6.76. The second-order valence-electron chi connectivity index (χ2n) is 8.90. The molecule has 3 heterocycles. The Kier molecular flexibility index (Phi) is 5.81. The third kappa shape index (κ3) is 3.74. The number of anilines is 1. The van der Waals surface area contributed by atoms with E-state index >= 15 is 0 Å². The molecule has 7 nitrogen and oxygen atoms in total. The van der Waals surface area contributed by atoms with E-state index in [1.807, 2.05) is 70.4 Å². The number of nitrogens with zero attached hydrogens (tertiary/aromatic N) is 5. The summed E-state index contributed by atoms with van der Waals surface area (Å²) in [5.74, 6) is 0.0886. The van der Waals surface area contributed by atoms with Crippen molar-refractivity contribution < 1.29 is 4.79 Å². The van der Waals surface area contributed by atoms with Gasteiger partial charge in [0.2, 0.25) is 5.91 Å². The SMILES string of the molecule is CCC(C(=O)N1CCN(c2cc(Cl)ccc2C)CC1)n1c2ccccc2c2nc(=O)cc(C)n21. The molecule has 2 aromatic heterocycles. The van der Waals surface area contributed by atoms with Gasteiger partial charge in [0.15, 0.2) is 5.65 Å². The lowest BCUT2D eigenvalue weighted by molar-refractivity contribution is -0.135. The summed E-state index contributed by atoms with van der Waals surface area (Å²) >= 11 is 6.23. The zero-order chi connectivity index (χ0) is 24.0. The molecular formula is C26H28ClN5O2. The summed E-state index contributed by atoms with van der Waals surface area (Å²) in [7, 11) is 0. The predicted octanol–water partition coefficient (Wildman–Crippen LogP) is 4.22. The van der Waals surface area contributed by atoms with E-state index in [2.05, 4.69) is 16.8 Å². The normalized spacial score (nSPS) is 15.3. The van der Waals surface area contributed by atoms with Gasteiger partial charge in [0.1, 0.15) is 6.04 Å². The van der Waals surface area contributed by atoms with Crippen LogP contribution in [0.5, 0.6) is 0 Å². The molecule has 176 valence electrons. The molecule has 5 rings (SSSR count). The highest BCUT2D eigenvalue weighted by Crippen LogP contribution is 2.29. The van der Waals surface area contributed by atoms with Crippen LogP contribution < -0.4 is 10.5 Å². The average Bonchev–Trinajstić information content (AvgIpc) is 3.16. The molecular weight excluding hydrogens is 450 g/mol. The molecule has 1 unspecified atom stereocenters. The number of hydrogen-bond acceptors (Lipinski definition) is 4. The fourth-order valence-electron chi connectivity index (χ4n) is 5.07. The summed E-state index contributed by atoms with van der Waals surface area (Å²) < 4.78 is 3.94. The molecule has 4 aromatic rings. The van der Waals surface area contributed by atoms with E-state index in [4.69, 9.17) is 11.6 Å². The molecule has 0 aliphatic carbocycles. The van der Waals surface area contributed by atoms with Crippen LogP contribution in [0.15, 0.2) is 53.3 Å². The fourth-order valence-corrected chi connectivity index (χ4v) is 5.23. The summed E-state index contributed by atoms with van der Waals surface area (Å²) in [5.41, 5.74) is 4.29. The van der Waals surface area contributed by atoms with Crippen LogP contribution in [0.1, 0.15) is 30.6 Å². The van der Waals surface area contributed by atoms with Crippen LogP contribution in [-0.2, 0) is 4.79 Å². The van der Waals surface area contributed by atoms with Crippen LogP contribution >= 0.6 is 11.6 Å². The lowest BCUT2D eigenvalue weighted by atomic mass is 10.1. The Bertz CT molecular complexity index is 1450. The minimum atomic E-state index is -0.398. The van der Waals surface area contributed by atoms with E-state index in [0.29, 0.717) is 25.2 Å². The lowest BCUT2D eigenvalue weighted by Gasteiger charge is -2.38. The maximum atomic E-state index is 13.8. The van der Waals surface area contributed by atoms with Gasteiger partial charge in [0.25, 0.3) is 5.56 Å². The first-order valence-corrected chi connectivity index (χ1v) is 12.1. The average molecular weight is 478 g/mol. The zero-order valence-electron chi connectivity index (χ0n) is 19.7. The van der Waals surface area contributed by atoms with Crippen molar-refractivity contribution in [3.05, 3.63) is 75.2 Å². The molecule has 8 heteroatoms. The van der Waals surface area contributed by atoms with E-state index in [1.165, 1.54) is 11.6 Å². The maximum Gasteiger partial charge on any atom is 0.273 e. The van der Waals surface area contributed by atoms with Gasteiger partial charge in [0, 0.05) is 54.0 Å². The zero-order valence-corrected chi connectivity index (χ0v) is 20.4. The summed E-state index contributed by atoms with van der Waals surface area (Å²) in [5, 5.41) is 1.59. The number of carbonyl (C=O) groups is 1. The number of piperazine rings is 1. The first kappa shape index (κ1) is 22.5. The summed E-state index contributed by atoms with van der Waals surface area (Å²) in [6.07, 6.45) is 0.631. The minimum Gasteiger partial charge on any atom is -0.368 e. The Morgan fingerprint density at radius 2 is 1.79 bits per heavy atom. The molecule has 1 amide bonds. The number of aromatic nitrogens is 3. The molecule has 1 fully saturated rings. The van der Waals surface area contributed by atoms with Crippen LogP contribution in [0.2, 0.25) is 5.02 Å². The first-order chi connectivity index (χ1) is 16.4.